The van der Waals surface area contributed by atoms with Gasteiger partial charge < -0.3 is 10.0 Å². The van der Waals surface area contributed by atoms with Crippen molar-refractivity contribution in [3.05, 3.63) is 35.9 Å². The summed E-state index contributed by atoms with van der Waals surface area (Å²) in [6.45, 7) is 2.81. The molecule has 0 saturated heterocycles. The highest BCUT2D eigenvalue weighted by Gasteiger charge is 2.29. The predicted molar refractivity (Wildman–Crippen MR) is 69.9 cm³/mol. The second-order valence-corrected chi connectivity index (χ2v) is 4.26. The van der Waals surface area contributed by atoms with Crippen molar-refractivity contribution in [2.45, 2.75) is 26.3 Å². The third-order valence-corrected chi connectivity index (χ3v) is 2.72. The number of carboxylic acids is 1. The number of carbonyl (C=O) groups excluding carboxylic acids is 2. The minimum absolute atomic E-state index is 0.196. The Hall–Kier alpha value is -2.17. The van der Waals surface area contributed by atoms with Gasteiger partial charge in [0.25, 0.3) is 5.91 Å². The fourth-order valence-electron chi connectivity index (χ4n) is 1.84. The average molecular weight is 263 g/mol. The van der Waals surface area contributed by atoms with Crippen LogP contribution < -0.4 is 0 Å². The van der Waals surface area contributed by atoms with Crippen LogP contribution in [0.25, 0.3) is 0 Å². The quantitative estimate of drug-likeness (QED) is 0.845. The van der Waals surface area contributed by atoms with Crippen LogP contribution in [-0.2, 0) is 9.59 Å². The van der Waals surface area contributed by atoms with E-state index in [0.29, 0.717) is 5.56 Å². The molecule has 0 radical (unpaired) electrons. The van der Waals surface area contributed by atoms with Gasteiger partial charge in [0.1, 0.15) is 11.8 Å². The summed E-state index contributed by atoms with van der Waals surface area (Å²) in [5, 5.41) is 9.15. The second-order valence-electron chi connectivity index (χ2n) is 4.26. The Balaban J connectivity index is 3.06. The van der Waals surface area contributed by atoms with Crippen molar-refractivity contribution in [1.29, 1.82) is 0 Å². The van der Waals surface area contributed by atoms with Crippen LogP contribution >= 0.6 is 0 Å². The maximum Gasteiger partial charge on any atom is 0.326 e. The van der Waals surface area contributed by atoms with E-state index in [0.717, 1.165) is 4.90 Å². The molecule has 0 aliphatic carbocycles. The summed E-state index contributed by atoms with van der Waals surface area (Å²) in [5.74, 6) is -1.79. The molecule has 1 atom stereocenters. The summed E-state index contributed by atoms with van der Waals surface area (Å²) in [6, 6.07) is 7.37. The summed E-state index contributed by atoms with van der Waals surface area (Å²) < 4.78 is 0. The average Bonchev–Trinajstić information content (AvgIpc) is 2.37. The molecule has 0 bridgehead atoms. The number of ketones is 1. The number of hydrogen-bond donors (Lipinski definition) is 1. The molecule has 19 heavy (non-hydrogen) atoms. The van der Waals surface area contributed by atoms with Crippen LogP contribution in [0.1, 0.15) is 30.6 Å². The van der Waals surface area contributed by atoms with Crippen LogP contribution in [-0.4, -0.2) is 40.3 Å². The number of aliphatic carboxylic acids is 1. The summed E-state index contributed by atoms with van der Waals surface area (Å²) in [6.07, 6.45) is 0.251. The van der Waals surface area contributed by atoms with Gasteiger partial charge in [-0.1, -0.05) is 25.1 Å². The van der Waals surface area contributed by atoms with Crippen molar-refractivity contribution in [3.63, 3.8) is 0 Å². The molecule has 1 amide bonds. The summed E-state index contributed by atoms with van der Waals surface area (Å²) in [7, 11) is 0. The molecule has 1 unspecified atom stereocenters. The lowest BCUT2D eigenvalue weighted by Gasteiger charge is -2.27. The lowest BCUT2D eigenvalue weighted by Crippen LogP contribution is -2.46. The number of Topliss-reactive ketones (excluding diaryl/α,β-unsaturated/α-hetero) is 1. The van der Waals surface area contributed by atoms with Gasteiger partial charge in [-0.05, 0) is 25.5 Å². The molecule has 0 spiro atoms. The van der Waals surface area contributed by atoms with Crippen molar-refractivity contribution in [1.82, 2.24) is 4.90 Å². The zero-order chi connectivity index (χ0) is 14.4. The number of rotatable bonds is 6. The van der Waals surface area contributed by atoms with E-state index in [4.69, 9.17) is 5.11 Å². The smallest absolute Gasteiger partial charge is 0.326 e. The number of nitrogens with zero attached hydrogens (tertiary/aromatic N) is 1. The van der Waals surface area contributed by atoms with E-state index in [2.05, 4.69) is 0 Å². The minimum Gasteiger partial charge on any atom is -0.480 e. The van der Waals surface area contributed by atoms with E-state index in [1.54, 1.807) is 37.3 Å². The minimum atomic E-state index is -1.10. The highest BCUT2D eigenvalue weighted by atomic mass is 16.4. The van der Waals surface area contributed by atoms with Crippen LogP contribution in [0.3, 0.4) is 0 Å². The van der Waals surface area contributed by atoms with Crippen molar-refractivity contribution in [3.8, 4) is 0 Å². The van der Waals surface area contributed by atoms with Gasteiger partial charge in [-0.25, -0.2) is 4.79 Å². The number of amides is 1. The molecule has 1 aromatic rings. The van der Waals surface area contributed by atoms with E-state index in [9.17, 15) is 14.4 Å². The van der Waals surface area contributed by atoms with Gasteiger partial charge >= 0.3 is 5.97 Å². The molecule has 0 fully saturated rings. The van der Waals surface area contributed by atoms with E-state index < -0.39 is 17.9 Å². The normalized spacial score (nSPS) is 11.7. The first-order chi connectivity index (χ1) is 8.97. The third-order valence-electron chi connectivity index (χ3n) is 2.72. The van der Waals surface area contributed by atoms with Crippen LogP contribution in [0.4, 0.5) is 0 Å². The first-order valence-electron chi connectivity index (χ1n) is 6.05. The van der Waals surface area contributed by atoms with Crippen LogP contribution in [0.5, 0.6) is 0 Å². The Morgan fingerprint density at radius 1 is 1.21 bits per heavy atom. The first kappa shape index (κ1) is 14.9. The van der Waals surface area contributed by atoms with Crippen molar-refractivity contribution in [2.75, 3.05) is 6.54 Å². The van der Waals surface area contributed by atoms with Gasteiger partial charge in [-0.15, -0.1) is 0 Å². The molecule has 5 nitrogen and oxygen atoms in total. The molecular formula is C14H17NO4. The van der Waals surface area contributed by atoms with Gasteiger partial charge in [0.05, 0.1) is 6.54 Å². The maximum absolute atomic E-state index is 12.3. The van der Waals surface area contributed by atoms with Crippen LogP contribution in [0.15, 0.2) is 30.3 Å². The van der Waals surface area contributed by atoms with Gasteiger partial charge in [-0.3, -0.25) is 9.59 Å². The van der Waals surface area contributed by atoms with Gasteiger partial charge in [-0.2, -0.15) is 0 Å². The zero-order valence-electron chi connectivity index (χ0n) is 11.0. The Bertz CT molecular complexity index is 470. The van der Waals surface area contributed by atoms with E-state index in [1.165, 1.54) is 6.92 Å². The van der Waals surface area contributed by atoms with Crippen molar-refractivity contribution in [2.24, 2.45) is 0 Å². The van der Waals surface area contributed by atoms with E-state index in [1.807, 2.05) is 0 Å². The third kappa shape index (κ3) is 3.91. The lowest BCUT2D eigenvalue weighted by atomic mass is 10.1. The molecule has 0 aliphatic rings. The van der Waals surface area contributed by atoms with Gasteiger partial charge in [0.2, 0.25) is 0 Å². The molecule has 0 aliphatic heterocycles. The Morgan fingerprint density at radius 2 is 1.79 bits per heavy atom. The topological polar surface area (TPSA) is 74.7 Å². The largest absolute Gasteiger partial charge is 0.480 e. The molecule has 0 aromatic heterocycles. The first-order valence-corrected chi connectivity index (χ1v) is 6.05. The molecule has 1 aromatic carbocycles. The molecule has 5 heteroatoms. The molecule has 1 rings (SSSR count). The lowest BCUT2D eigenvalue weighted by molar-refractivity contribution is -0.142. The molecule has 0 saturated carbocycles. The molecule has 0 heterocycles. The van der Waals surface area contributed by atoms with Crippen molar-refractivity contribution >= 4 is 17.7 Å². The number of benzene rings is 1. The monoisotopic (exact) mass is 263 g/mol. The van der Waals surface area contributed by atoms with Crippen molar-refractivity contribution < 1.29 is 19.5 Å². The van der Waals surface area contributed by atoms with E-state index >= 15 is 0 Å². The Labute approximate surface area is 111 Å². The zero-order valence-corrected chi connectivity index (χ0v) is 11.0. The highest BCUT2D eigenvalue weighted by Crippen LogP contribution is 2.11. The summed E-state index contributed by atoms with van der Waals surface area (Å²) >= 11 is 0. The second kappa shape index (κ2) is 6.68. The highest BCUT2D eigenvalue weighted by molar-refractivity contribution is 5.98. The molecular weight excluding hydrogens is 246 g/mol. The SMILES string of the molecule is CCC(C(=O)O)N(CC(C)=O)C(=O)c1ccccc1. The summed E-state index contributed by atoms with van der Waals surface area (Å²) in [4.78, 5) is 35.8. The maximum atomic E-state index is 12.3. The predicted octanol–water partition coefficient (Wildman–Crippen LogP) is 1.58. The standard InChI is InChI=1S/C14H17NO4/c1-3-12(14(18)19)15(9-10(2)16)13(17)11-7-5-4-6-8-11/h4-8,12H,3,9H2,1-2H3,(H,18,19). The molecule has 102 valence electrons. The fourth-order valence-corrected chi connectivity index (χ4v) is 1.84. The fraction of sp³-hybridized carbons (Fsp3) is 0.357. The van der Waals surface area contributed by atoms with Crippen LogP contribution in [0.2, 0.25) is 0 Å². The van der Waals surface area contributed by atoms with E-state index in [-0.39, 0.29) is 18.7 Å². The Kier molecular flexibility index (Phi) is 5.23. The van der Waals surface area contributed by atoms with Gasteiger partial charge in [0, 0.05) is 5.56 Å². The number of hydrogen-bond acceptors (Lipinski definition) is 3. The Morgan fingerprint density at radius 3 is 2.21 bits per heavy atom. The van der Waals surface area contributed by atoms with Crippen LogP contribution in [0, 0.1) is 0 Å². The van der Waals surface area contributed by atoms with Gasteiger partial charge in [0.15, 0.2) is 0 Å². The summed E-state index contributed by atoms with van der Waals surface area (Å²) in [5.41, 5.74) is 0.378. The molecule has 1 N–H and O–H groups in total. The number of carboxylic acid groups (broad SMARTS) is 1. The number of carbonyl (C=O) groups is 3.